The quantitative estimate of drug-likeness (QED) is 0.0465. The predicted octanol–water partition coefficient (Wildman–Crippen LogP) is 0.262. The summed E-state index contributed by atoms with van der Waals surface area (Å²) in [7, 11) is -17.7. The van der Waals surface area contributed by atoms with E-state index in [0.717, 1.165) is 4.90 Å². The number of nitrogens with zero attached hydrogens (tertiary/aromatic N) is 1. The first-order valence-corrected chi connectivity index (χ1v) is 23.4. The molecule has 0 saturated carbocycles. The molecule has 2 atom stereocenters. The van der Waals surface area contributed by atoms with Crippen molar-refractivity contribution < 1.29 is 69.0 Å². The van der Waals surface area contributed by atoms with Gasteiger partial charge in [0.1, 0.15) is 12.6 Å². The molecule has 38 heavy (non-hydrogen) atoms. The zero-order chi connectivity index (χ0) is 29.9. The van der Waals surface area contributed by atoms with Gasteiger partial charge in [-0.15, -0.1) is 0 Å². The van der Waals surface area contributed by atoms with Crippen LogP contribution in [0.3, 0.4) is 0 Å². The van der Waals surface area contributed by atoms with Gasteiger partial charge in [0.25, 0.3) is 0 Å². The summed E-state index contributed by atoms with van der Waals surface area (Å²) in [5, 5.41) is 2.66. The fraction of sp³-hybridized carbons (Fsp3) is 1.00. The largest absolute Gasteiger partial charge is 0.489 e. The molecule has 0 bridgehead atoms. The Kier molecular flexibility index (Phi) is 16.8. The predicted molar refractivity (Wildman–Crippen MR) is 143 cm³/mol. The smallest absolute Gasteiger partial charge is 0.398 e. The van der Waals surface area contributed by atoms with Crippen LogP contribution in [0.4, 0.5) is 0 Å². The summed E-state index contributed by atoms with van der Waals surface area (Å²) >= 11 is 0. The van der Waals surface area contributed by atoms with E-state index in [4.69, 9.17) is 35.7 Å². The zero-order valence-corrected chi connectivity index (χ0v) is 28.2. The van der Waals surface area contributed by atoms with Gasteiger partial charge in [-0.1, -0.05) is 0 Å². The van der Waals surface area contributed by atoms with Crippen LogP contribution in [0.5, 0.6) is 0 Å². The van der Waals surface area contributed by atoms with E-state index in [1.807, 2.05) is 0 Å². The minimum atomic E-state index is -4.57. The molecular weight excluding hydrogens is 625 g/mol. The van der Waals surface area contributed by atoms with Crippen LogP contribution >= 0.6 is 22.8 Å². The summed E-state index contributed by atoms with van der Waals surface area (Å²) in [6.07, 6.45) is -1.57. The van der Waals surface area contributed by atoms with Crippen molar-refractivity contribution in [3.05, 3.63) is 0 Å². The maximum atomic E-state index is 11.4. The van der Waals surface area contributed by atoms with Crippen LogP contribution in [0.25, 0.3) is 0 Å². The lowest BCUT2D eigenvalue weighted by Crippen LogP contribution is -2.61. The molecule has 0 heterocycles. The van der Waals surface area contributed by atoms with Gasteiger partial charge in [-0.2, -0.15) is 0 Å². The molecule has 0 aromatic rings. The molecule has 0 fully saturated rings. The highest BCUT2D eigenvalue weighted by atomic mass is 31.2. The van der Waals surface area contributed by atoms with Gasteiger partial charge in [-0.05, 0) is 38.5 Å². The first-order valence-electron chi connectivity index (χ1n) is 11.3. The topological polar surface area (TPSA) is 243 Å². The molecule has 0 radical (unpaired) electrons. The summed E-state index contributed by atoms with van der Waals surface area (Å²) in [5.74, 6) is 0. The molecule has 0 aliphatic rings. The lowest BCUT2D eigenvalue weighted by atomic mass is 10.4. The monoisotopic (exact) mass is 668 g/mol. The number of hydrogen-bond donors (Lipinski definition) is 7. The first-order chi connectivity index (χ1) is 17.1. The van der Waals surface area contributed by atoms with Gasteiger partial charge < -0.3 is 60.6 Å². The highest BCUT2D eigenvalue weighted by Crippen LogP contribution is 2.41. The Morgan fingerprint density at radius 1 is 0.711 bits per heavy atom. The van der Waals surface area contributed by atoms with Crippen LogP contribution in [0.2, 0.25) is 25.2 Å². The molecule has 23 heteroatoms. The highest BCUT2D eigenvalue weighted by Gasteiger charge is 2.53. The maximum absolute atomic E-state index is 11.4. The molecule has 0 aliphatic carbocycles. The average molecular weight is 669 g/mol. The molecule has 0 aromatic heterocycles. The molecule has 0 aliphatic heterocycles. The van der Waals surface area contributed by atoms with Crippen molar-refractivity contribution in [1.29, 1.82) is 0 Å². The number of nitrogens with one attached hydrogen (secondary N) is 1. The van der Waals surface area contributed by atoms with Gasteiger partial charge in [0.15, 0.2) is 0 Å². The van der Waals surface area contributed by atoms with Gasteiger partial charge in [-0.3, -0.25) is 18.6 Å². The summed E-state index contributed by atoms with van der Waals surface area (Å²) in [4.78, 5) is 56.1. The Morgan fingerprint density at radius 2 is 1.24 bits per heavy atom. The summed E-state index contributed by atoms with van der Waals surface area (Å²) in [6, 6.07) is 0.458. The minimum absolute atomic E-state index is 0.0527. The summed E-state index contributed by atoms with van der Waals surface area (Å²) < 4.78 is 68.9. The molecule has 7 N–H and O–H groups in total. The van der Waals surface area contributed by atoms with E-state index in [1.165, 1.54) is 28.4 Å². The Labute approximate surface area is 226 Å². The molecule has 2 unspecified atom stereocenters. The van der Waals surface area contributed by atoms with Crippen molar-refractivity contribution in [3.8, 4) is 0 Å². The summed E-state index contributed by atoms with van der Waals surface area (Å²) in [6.45, 7) is 3.52. The van der Waals surface area contributed by atoms with Crippen LogP contribution in [0.1, 0.15) is 12.8 Å². The Morgan fingerprint density at radius 3 is 1.63 bits per heavy atom. The Hall–Kier alpha value is 0.781. The van der Waals surface area contributed by atoms with Crippen molar-refractivity contribution in [2.45, 2.75) is 38.0 Å². The van der Waals surface area contributed by atoms with E-state index in [0.29, 0.717) is 6.42 Å². The van der Waals surface area contributed by atoms with Gasteiger partial charge in [-0.25, -0.2) is 0 Å². The van der Waals surface area contributed by atoms with E-state index in [2.05, 4.69) is 5.32 Å². The number of rotatable bonds is 22. The molecule has 230 valence electrons. The second-order valence-electron chi connectivity index (χ2n) is 8.74. The minimum Gasteiger partial charge on any atom is -0.398 e. The SMILES string of the molecule is CO[Si](C)(CCCN(CP(=O)(O)O)CP(=O)(O)O)O[Si](CCCNCP(=O)(O)O)(OC)O[Si](C)(OC)OC. The molecule has 0 saturated heterocycles. The fourth-order valence-corrected chi connectivity index (χ4v) is 15.7. The third-order valence-electron chi connectivity index (χ3n) is 5.22. The first kappa shape index (κ1) is 38.8. The van der Waals surface area contributed by atoms with Crippen molar-refractivity contribution in [2.24, 2.45) is 0 Å². The molecule has 0 aromatic carbocycles. The van der Waals surface area contributed by atoms with Crippen LogP contribution in [-0.2, 0) is 39.6 Å². The second-order valence-corrected chi connectivity index (χ2v) is 23.2. The van der Waals surface area contributed by atoms with Crippen LogP contribution in [-0.4, -0.2) is 121 Å². The molecule has 0 spiro atoms. The van der Waals surface area contributed by atoms with Crippen molar-refractivity contribution in [2.75, 3.05) is 60.4 Å². The number of hydrogen-bond acceptors (Lipinski definition) is 11. The van der Waals surface area contributed by atoms with E-state index >= 15 is 0 Å². The molecule has 0 amide bonds. The molecule has 17 nitrogen and oxygen atoms in total. The standard InChI is InChI=1S/C15H43N2O15P3Si3/c1-27-36(5,11-8-10-17(14-34(21,22)23)15-35(24,25)26)31-38(30-4,32-37(6,28-2)29-3)12-7-9-16-13-33(18,19)20/h16H,7-15H2,1-6H3,(H2,18,19,20)(H2,21,22,23)(H2,24,25,26). The van der Waals surface area contributed by atoms with E-state index < -0.39 is 67.8 Å². The van der Waals surface area contributed by atoms with E-state index in [-0.39, 0.29) is 31.6 Å². The van der Waals surface area contributed by atoms with E-state index in [9.17, 15) is 33.3 Å². The normalized spacial score (nSPS) is 17.0. The maximum Gasteiger partial charge on any atom is 0.489 e. The average Bonchev–Trinajstić information content (AvgIpc) is 2.75. The summed E-state index contributed by atoms with van der Waals surface area (Å²) in [5.41, 5.74) is 0. The van der Waals surface area contributed by atoms with Gasteiger partial charge in [0.2, 0.25) is 0 Å². The Balaban J connectivity index is 5.66. The van der Waals surface area contributed by atoms with Crippen molar-refractivity contribution >= 4 is 49.0 Å². The van der Waals surface area contributed by atoms with Crippen LogP contribution in [0.15, 0.2) is 0 Å². The van der Waals surface area contributed by atoms with Crippen molar-refractivity contribution in [3.63, 3.8) is 0 Å². The van der Waals surface area contributed by atoms with E-state index in [1.54, 1.807) is 13.1 Å². The third-order valence-corrected chi connectivity index (χ3v) is 18.3. The van der Waals surface area contributed by atoms with Gasteiger partial charge in [0, 0.05) is 41.0 Å². The lowest BCUT2D eigenvalue weighted by molar-refractivity contribution is 0.0993. The molecule has 0 rings (SSSR count). The molecular formula is C15H43N2O15P3Si3. The zero-order valence-electron chi connectivity index (χ0n) is 22.5. The van der Waals surface area contributed by atoms with Gasteiger partial charge in [0.05, 0.1) is 6.29 Å². The van der Waals surface area contributed by atoms with Crippen LogP contribution < -0.4 is 5.32 Å². The lowest BCUT2D eigenvalue weighted by Gasteiger charge is -2.40. The van der Waals surface area contributed by atoms with Gasteiger partial charge >= 0.3 is 49.0 Å². The highest BCUT2D eigenvalue weighted by molar-refractivity contribution is 7.52. The third kappa shape index (κ3) is 17.6. The van der Waals surface area contributed by atoms with Crippen LogP contribution in [0, 0.1) is 0 Å². The Bertz CT molecular complexity index is 818. The second kappa shape index (κ2) is 16.4. The van der Waals surface area contributed by atoms with Crippen molar-refractivity contribution in [1.82, 2.24) is 10.2 Å². The fourth-order valence-electron chi connectivity index (χ4n) is 3.27.